The number of benzene rings is 1. The Morgan fingerprint density at radius 2 is 1.00 bits per heavy atom. The van der Waals surface area contributed by atoms with Gasteiger partial charge in [0.15, 0.2) is 0 Å². The largest absolute Gasteiger partial charge is 0.324 e. The zero-order valence-corrected chi connectivity index (χ0v) is 18.9. The van der Waals surface area contributed by atoms with Crippen LogP contribution in [0.25, 0.3) is 0 Å². The van der Waals surface area contributed by atoms with Gasteiger partial charge in [-0.1, -0.05) is 89.0 Å². The number of aryl methyl sites for hydroxylation is 1. The molecule has 0 radical (unpaired) electrons. The molecule has 0 amide bonds. The van der Waals surface area contributed by atoms with E-state index in [9.17, 15) is 0 Å². The van der Waals surface area contributed by atoms with Gasteiger partial charge in [-0.3, -0.25) is 0 Å². The van der Waals surface area contributed by atoms with Gasteiger partial charge in [0.2, 0.25) is 0 Å². The van der Waals surface area contributed by atoms with Gasteiger partial charge in [0.05, 0.1) is 0 Å². The second-order valence-electron chi connectivity index (χ2n) is 7.48. The monoisotopic (exact) mass is 392 g/mol. The Morgan fingerprint density at radius 3 is 1.43 bits per heavy atom. The molecule has 1 aromatic carbocycles. The van der Waals surface area contributed by atoms with Gasteiger partial charge in [0.25, 0.3) is 0 Å². The van der Waals surface area contributed by atoms with Crippen LogP contribution >= 0.6 is 0 Å². The molecular weight excluding hydrogens is 348 g/mol. The third-order valence-corrected chi connectivity index (χ3v) is 5.13. The lowest BCUT2D eigenvalue weighted by molar-refractivity contribution is -0.389. The first-order valence-corrected chi connectivity index (χ1v) is 11.7. The highest BCUT2D eigenvalue weighted by Crippen LogP contribution is 2.29. The van der Waals surface area contributed by atoms with Crippen LogP contribution in [0.1, 0.15) is 103 Å². The fourth-order valence-electron chi connectivity index (χ4n) is 3.64. The zero-order chi connectivity index (χ0) is 20.5. The molecule has 3 nitrogen and oxygen atoms in total. The molecule has 0 bridgehead atoms. The summed E-state index contributed by atoms with van der Waals surface area (Å²) < 4.78 is 17.6. The number of hydrogen-bond acceptors (Lipinski definition) is 3. The van der Waals surface area contributed by atoms with Crippen LogP contribution < -0.4 is 0 Å². The number of ether oxygens (including phenoxy) is 3. The van der Waals surface area contributed by atoms with Crippen molar-refractivity contribution in [2.24, 2.45) is 0 Å². The van der Waals surface area contributed by atoms with Crippen molar-refractivity contribution in [3.63, 3.8) is 0 Å². The Bertz CT molecular complexity index is 452. The average Bonchev–Trinajstić information content (AvgIpc) is 2.70. The Balaban J connectivity index is 2.35. The maximum atomic E-state index is 5.86. The minimum atomic E-state index is -1.08. The lowest BCUT2D eigenvalue weighted by Gasteiger charge is -2.32. The standard InChI is InChI=1S/C25H44O3/c1-5-9-10-11-12-13-14-15-16-17-18-23-19-21-24(22-20-23)25(26-6-2,27-7-3)28-8-4/h19-22H,5-18H2,1-4H3. The van der Waals surface area contributed by atoms with Crippen molar-refractivity contribution in [2.75, 3.05) is 19.8 Å². The van der Waals surface area contributed by atoms with Crippen molar-refractivity contribution < 1.29 is 14.2 Å². The molecule has 0 heterocycles. The maximum Gasteiger partial charge on any atom is 0.311 e. The highest BCUT2D eigenvalue weighted by Gasteiger charge is 2.35. The topological polar surface area (TPSA) is 27.7 Å². The van der Waals surface area contributed by atoms with Crippen LogP contribution in [0, 0.1) is 0 Å². The molecule has 0 N–H and O–H groups in total. The lowest BCUT2D eigenvalue weighted by atomic mass is 10.0. The smallest absolute Gasteiger partial charge is 0.311 e. The van der Waals surface area contributed by atoms with Gasteiger partial charge in [0, 0.05) is 25.4 Å². The summed E-state index contributed by atoms with van der Waals surface area (Å²) in [6.07, 6.45) is 14.9. The molecule has 0 aliphatic rings. The SMILES string of the molecule is CCCCCCCCCCCCc1ccc(C(OCC)(OCC)OCC)cc1. The van der Waals surface area contributed by atoms with Crippen LogP contribution in [0.4, 0.5) is 0 Å². The van der Waals surface area contributed by atoms with Crippen molar-refractivity contribution in [1.29, 1.82) is 0 Å². The first-order valence-electron chi connectivity index (χ1n) is 11.7. The zero-order valence-electron chi connectivity index (χ0n) is 18.9. The number of hydrogen-bond donors (Lipinski definition) is 0. The van der Waals surface area contributed by atoms with Crippen molar-refractivity contribution in [1.82, 2.24) is 0 Å². The van der Waals surface area contributed by atoms with E-state index in [1.807, 2.05) is 20.8 Å². The van der Waals surface area contributed by atoms with Gasteiger partial charge >= 0.3 is 5.97 Å². The molecule has 1 rings (SSSR count). The van der Waals surface area contributed by atoms with E-state index in [2.05, 4.69) is 31.2 Å². The molecule has 0 unspecified atom stereocenters. The summed E-state index contributed by atoms with van der Waals surface area (Å²) in [5.74, 6) is -1.08. The third-order valence-electron chi connectivity index (χ3n) is 5.13. The molecule has 0 fully saturated rings. The summed E-state index contributed by atoms with van der Waals surface area (Å²) in [6, 6.07) is 8.56. The fourth-order valence-corrected chi connectivity index (χ4v) is 3.64. The summed E-state index contributed by atoms with van der Waals surface area (Å²) >= 11 is 0. The number of unbranched alkanes of at least 4 members (excludes halogenated alkanes) is 9. The highest BCUT2D eigenvalue weighted by atomic mass is 16.9. The first kappa shape index (κ1) is 25.1. The minimum Gasteiger partial charge on any atom is -0.324 e. The number of rotatable bonds is 18. The van der Waals surface area contributed by atoms with Gasteiger partial charge in [-0.2, -0.15) is 0 Å². The van der Waals surface area contributed by atoms with Gasteiger partial charge in [-0.15, -0.1) is 0 Å². The molecule has 1 aromatic rings. The van der Waals surface area contributed by atoms with E-state index >= 15 is 0 Å². The van der Waals surface area contributed by atoms with E-state index in [-0.39, 0.29) is 0 Å². The van der Waals surface area contributed by atoms with E-state index in [4.69, 9.17) is 14.2 Å². The Labute approximate surface area is 174 Å². The van der Waals surface area contributed by atoms with Gasteiger partial charge in [0.1, 0.15) is 0 Å². The second kappa shape index (κ2) is 16.0. The van der Waals surface area contributed by atoms with Gasteiger partial charge < -0.3 is 14.2 Å². The molecule has 0 saturated carbocycles. The van der Waals surface area contributed by atoms with Crippen LogP contribution in [0.2, 0.25) is 0 Å². The van der Waals surface area contributed by atoms with Crippen LogP contribution in [0.5, 0.6) is 0 Å². The van der Waals surface area contributed by atoms with Gasteiger partial charge in [-0.05, 0) is 39.2 Å². The normalized spacial score (nSPS) is 11.9. The quantitative estimate of drug-likeness (QED) is 0.193. The van der Waals surface area contributed by atoms with E-state index in [0.717, 1.165) is 12.0 Å². The molecule has 0 spiro atoms. The van der Waals surface area contributed by atoms with Gasteiger partial charge in [-0.25, -0.2) is 0 Å². The Hall–Kier alpha value is -0.900. The van der Waals surface area contributed by atoms with Crippen LogP contribution in [-0.4, -0.2) is 19.8 Å². The first-order chi connectivity index (χ1) is 13.7. The summed E-state index contributed by atoms with van der Waals surface area (Å²) in [4.78, 5) is 0. The van der Waals surface area contributed by atoms with Crippen molar-refractivity contribution in [2.45, 2.75) is 104 Å². The Morgan fingerprint density at radius 1 is 0.571 bits per heavy atom. The minimum absolute atomic E-state index is 0.542. The van der Waals surface area contributed by atoms with E-state index in [1.54, 1.807) is 0 Å². The molecule has 0 aliphatic heterocycles. The highest BCUT2D eigenvalue weighted by molar-refractivity contribution is 5.25. The average molecular weight is 393 g/mol. The molecule has 0 saturated heterocycles. The Kier molecular flexibility index (Phi) is 14.3. The van der Waals surface area contributed by atoms with Crippen molar-refractivity contribution >= 4 is 0 Å². The molecule has 162 valence electrons. The molecule has 0 atom stereocenters. The van der Waals surface area contributed by atoms with Crippen LogP contribution in [0.3, 0.4) is 0 Å². The van der Waals surface area contributed by atoms with E-state index in [0.29, 0.717) is 19.8 Å². The van der Waals surface area contributed by atoms with E-state index < -0.39 is 5.97 Å². The summed E-state index contributed by atoms with van der Waals surface area (Å²) in [5.41, 5.74) is 2.31. The predicted octanol–water partition coefficient (Wildman–Crippen LogP) is 7.37. The fraction of sp³-hybridized carbons (Fsp3) is 0.760. The summed E-state index contributed by atoms with van der Waals surface area (Å²) in [5, 5.41) is 0. The van der Waals surface area contributed by atoms with Crippen molar-refractivity contribution in [3.8, 4) is 0 Å². The van der Waals surface area contributed by atoms with Crippen LogP contribution in [-0.2, 0) is 26.6 Å². The maximum absolute atomic E-state index is 5.86. The summed E-state index contributed by atoms with van der Waals surface area (Å²) in [7, 11) is 0. The van der Waals surface area contributed by atoms with Crippen LogP contribution in [0.15, 0.2) is 24.3 Å². The molecule has 28 heavy (non-hydrogen) atoms. The molecule has 3 heteroatoms. The second-order valence-corrected chi connectivity index (χ2v) is 7.48. The lowest BCUT2D eigenvalue weighted by Crippen LogP contribution is -2.36. The van der Waals surface area contributed by atoms with E-state index in [1.165, 1.54) is 69.8 Å². The van der Waals surface area contributed by atoms with Crippen molar-refractivity contribution in [3.05, 3.63) is 35.4 Å². The predicted molar refractivity (Wildman–Crippen MR) is 119 cm³/mol. The summed E-state index contributed by atoms with van der Waals surface area (Å²) in [6.45, 7) is 9.80. The molecular formula is C25H44O3. The molecule has 0 aliphatic carbocycles. The molecule has 0 aromatic heterocycles. The third kappa shape index (κ3) is 9.54.